The van der Waals surface area contributed by atoms with Gasteiger partial charge in [0.15, 0.2) is 5.11 Å². The minimum atomic E-state index is -1.27. The molecule has 0 saturated carbocycles. The van der Waals surface area contributed by atoms with Gasteiger partial charge in [-0.3, -0.25) is 4.79 Å². The van der Waals surface area contributed by atoms with Gasteiger partial charge in [-0.1, -0.05) is 72.8 Å². The van der Waals surface area contributed by atoms with Gasteiger partial charge in [0.05, 0.1) is 6.42 Å². The maximum Gasteiger partial charge on any atom is 0.229 e. The first kappa shape index (κ1) is 26.6. The van der Waals surface area contributed by atoms with Gasteiger partial charge in [-0.25, -0.2) is 0 Å². The molecular weight excluding hydrogens is 522 g/mol. The summed E-state index contributed by atoms with van der Waals surface area (Å²) in [5.41, 5.74) is 2.09. The molecule has 0 aliphatic carbocycles. The van der Waals surface area contributed by atoms with Crippen molar-refractivity contribution in [3.05, 3.63) is 115 Å². The third-order valence-corrected chi connectivity index (χ3v) is 6.36. The van der Waals surface area contributed by atoms with Crippen LogP contribution in [0.4, 0.5) is 5.69 Å². The Labute approximate surface area is 237 Å². The third-order valence-electron chi connectivity index (χ3n) is 6.11. The Hall–Kier alpha value is -4.96. The fraction of sp³-hybridized carbons (Fsp3) is 0.133. The van der Waals surface area contributed by atoms with Gasteiger partial charge in [0.2, 0.25) is 11.6 Å². The lowest BCUT2D eigenvalue weighted by molar-refractivity contribution is -0.122. The van der Waals surface area contributed by atoms with Crippen molar-refractivity contribution in [1.29, 1.82) is 0 Å². The van der Waals surface area contributed by atoms with Crippen LogP contribution in [-0.2, 0) is 10.5 Å². The molecule has 4 aromatic carbocycles. The van der Waals surface area contributed by atoms with E-state index in [1.54, 1.807) is 0 Å². The summed E-state index contributed by atoms with van der Waals surface area (Å²) in [6.45, 7) is 0.811. The topological polar surface area (TPSA) is 112 Å². The maximum atomic E-state index is 13.0. The summed E-state index contributed by atoms with van der Waals surface area (Å²) in [7, 11) is 0. The molecule has 0 bridgehead atoms. The van der Waals surface area contributed by atoms with Gasteiger partial charge < -0.3 is 20.7 Å². The second-order valence-corrected chi connectivity index (χ2v) is 9.37. The van der Waals surface area contributed by atoms with E-state index in [-0.39, 0.29) is 12.3 Å². The molecule has 4 aromatic rings. The summed E-state index contributed by atoms with van der Waals surface area (Å²) in [5.74, 6) is 1.19. The van der Waals surface area contributed by atoms with Gasteiger partial charge in [0, 0.05) is 24.3 Å². The SMILES string of the molecule is O=C(CC1(c2ccccc2-c2cccc(Oc3ccccc3)c2)N=NN=N1)NCCNC(=S)Nc1ccccc1. The van der Waals surface area contributed by atoms with Crippen molar-refractivity contribution in [3.63, 3.8) is 0 Å². The van der Waals surface area contributed by atoms with Crippen molar-refractivity contribution in [1.82, 2.24) is 10.6 Å². The van der Waals surface area contributed by atoms with E-state index in [2.05, 4.69) is 36.6 Å². The van der Waals surface area contributed by atoms with Crippen LogP contribution in [0.1, 0.15) is 12.0 Å². The predicted octanol–water partition coefficient (Wildman–Crippen LogP) is 6.62. The molecule has 0 unspecified atom stereocenters. The quantitative estimate of drug-likeness (QED) is 0.152. The zero-order chi connectivity index (χ0) is 27.6. The van der Waals surface area contributed by atoms with Crippen molar-refractivity contribution in [3.8, 4) is 22.6 Å². The highest BCUT2D eigenvalue weighted by atomic mass is 32.1. The van der Waals surface area contributed by atoms with E-state index in [4.69, 9.17) is 17.0 Å². The van der Waals surface area contributed by atoms with Gasteiger partial charge in [-0.05, 0) is 70.2 Å². The van der Waals surface area contributed by atoms with E-state index in [9.17, 15) is 4.79 Å². The zero-order valence-corrected chi connectivity index (χ0v) is 22.3. The first-order chi connectivity index (χ1) is 19.6. The molecule has 0 radical (unpaired) electrons. The van der Waals surface area contributed by atoms with Crippen molar-refractivity contribution in [2.45, 2.75) is 12.1 Å². The number of nitrogens with one attached hydrogen (secondary N) is 3. The highest BCUT2D eigenvalue weighted by Gasteiger charge is 2.40. The zero-order valence-electron chi connectivity index (χ0n) is 21.5. The van der Waals surface area contributed by atoms with Crippen LogP contribution < -0.4 is 20.7 Å². The van der Waals surface area contributed by atoms with Crippen LogP contribution in [0.15, 0.2) is 130 Å². The average Bonchev–Trinajstić information content (AvgIpc) is 3.46. The number of hydrogen-bond donors (Lipinski definition) is 3. The van der Waals surface area contributed by atoms with E-state index in [0.29, 0.717) is 24.0 Å². The second-order valence-electron chi connectivity index (χ2n) is 8.96. The molecule has 0 saturated heterocycles. The number of benzene rings is 4. The number of rotatable bonds is 10. The number of nitrogens with zero attached hydrogens (tertiary/aromatic N) is 4. The van der Waals surface area contributed by atoms with E-state index < -0.39 is 5.66 Å². The van der Waals surface area contributed by atoms with Crippen LogP contribution in [0.5, 0.6) is 11.5 Å². The molecule has 0 atom stereocenters. The van der Waals surface area contributed by atoms with Crippen molar-refractivity contribution >= 4 is 28.9 Å². The Morgan fingerprint density at radius 3 is 2.17 bits per heavy atom. The third kappa shape index (κ3) is 6.72. The molecule has 200 valence electrons. The molecule has 0 spiro atoms. The highest BCUT2D eigenvalue weighted by molar-refractivity contribution is 7.80. The number of amides is 1. The molecule has 40 heavy (non-hydrogen) atoms. The van der Waals surface area contributed by atoms with Gasteiger partial charge in [0.25, 0.3) is 0 Å². The van der Waals surface area contributed by atoms with Crippen molar-refractivity contribution in [2.75, 3.05) is 18.4 Å². The molecular formula is C30H27N7O2S. The molecule has 1 aliphatic heterocycles. The minimum Gasteiger partial charge on any atom is -0.457 e. The maximum absolute atomic E-state index is 13.0. The number of anilines is 1. The summed E-state index contributed by atoms with van der Waals surface area (Å²) < 4.78 is 6.03. The Kier molecular flexibility index (Phi) is 8.47. The van der Waals surface area contributed by atoms with Crippen molar-refractivity contribution < 1.29 is 9.53 Å². The summed E-state index contributed by atoms with van der Waals surface area (Å²) in [6.07, 6.45) is -0.0517. The number of thiocarbonyl (C=S) groups is 1. The fourth-order valence-corrected chi connectivity index (χ4v) is 4.50. The van der Waals surface area contributed by atoms with E-state index >= 15 is 0 Å². The number of hydrogen-bond acceptors (Lipinski definition) is 7. The lowest BCUT2D eigenvalue weighted by Gasteiger charge is -2.23. The smallest absolute Gasteiger partial charge is 0.229 e. The van der Waals surface area contributed by atoms with Crippen LogP contribution in [0.25, 0.3) is 11.1 Å². The number of ether oxygens (including phenoxy) is 1. The first-order valence-corrected chi connectivity index (χ1v) is 13.2. The van der Waals surface area contributed by atoms with E-state index in [0.717, 1.165) is 28.1 Å². The molecule has 3 N–H and O–H groups in total. The summed E-state index contributed by atoms with van der Waals surface area (Å²) in [5, 5.41) is 25.7. The van der Waals surface area contributed by atoms with Gasteiger partial charge in [-0.15, -0.1) is 10.2 Å². The molecule has 9 nitrogen and oxygen atoms in total. The van der Waals surface area contributed by atoms with E-state index in [1.807, 2.05) is 109 Å². The molecule has 5 rings (SSSR count). The molecule has 0 aromatic heterocycles. The fourth-order valence-electron chi connectivity index (χ4n) is 4.28. The molecule has 10 heteroatoms. The average molecular weight is 550 g/mol. The highest BCUT2D eigenvalue weighted by Crippen LogP contribution is 2.41. The second kappa shape index (κ2) is 12.7. The Balaban J connectivity index is 1.25. The van der Waals surface area contributed by atoms with Crippen LogP contribution in [0.2, 0.25) is 0 Å². The largest absolute Gasteiger partial charge is 0.457 e. The lowest BCUT2D eigenvalue weighted by Crippen LogP contribution is -2.38. The Morgan fingerprint density at radius 1 is 0.750 bits per heavy atom. The van der Waals surface area contributed by atoms with Crippen LogP contribution in [0, 0.1) is 0 Å². The van der Waals surface area contributed by atoms with E-state index in [1.165, 1.54) is 0 Å². The summed E-state index contributed by atoms with van der Waals surface area (Å²) in [6, 6.07) is 34.6. The first-order valence-electron chi connectivity index (χ1n) is 12.7. The monoisotopic (exact) mass is 549 g/mol. The van der Waals surface area contributed by atoms with Gasteiger partial charge in [-0.2, -0.15) is 0 Å². The predicted molar refractivity (Wildman–Crippen MR) is 158 cm³/mol. The summed E-state index contributed by atoms with van der Waals surface area (Å²) in [4.78, 5) is 13.0. The summed E-state index contributed by atoms with van der Waals surface area (Å²) >= 11 is 5.32. The normalized spacial score (nSPS) is 13.0. The lowest BCUT2D eigenvalue weighted by atomic mass is 9.89. The number of para-hydroxylation sites is 2. The minimum absolute atomic E-state index is 0.0517. The molecule has 1 aliphatic rings. The van der Waals surface area contributed by atoms with Gasteiger partial charge >= 0.3 is 0 Å². The molecule has 1 amide bonds. The number of carbonyl (C=O) groups is 1. The van der Waals surface area contributed by atoms with Crippen LogP contribution >= 0.6 is 12.2 Å². The number of carbonyl (C=O) groups excluding carboxylic acids is 1. The molecule has 1 heterocycles. The van der Waals surface area contributed by atoms with Crippen LogP contribution in [0.3, 0.4) is 0 Å². The molecule has 0 fully saturated rings. The van der Waals surface area contributed by atoms with Crippen LogP contribution in [-0.4, -0.2) is 24.1 Å². The Bertz CT molecular complexity index is 1520. The Morgan fingerprint density at radius 2 is 1.40 bits per heavy atom. The van der Waals surface area contributed by atoms with Gasteiger partial charge in [0.1, 0.15) is 11.5 Å². The van der Waals surface area contributed by atoms with Crippen molar-refractivity contribution in [2.24, 2.45) is 20.7 Å². The standard InChI is InChI=1S/C30H27N7O2S/c38-28(31-18-19-32-29(40)33-23-11-3-1-4-12-23)21-30(34-36-37-35-30)27-17-8-7-16-26(27)22-10-9-15-25(20-22)39-24-13-5-2-6-14-24/h1-17,20H,18-19,21H2,(H,31,38)(H2,32,33,40).